The lowest BCUT2D eigenvalue weighted by atomic mass is 9.65. The van der Waals surface area contributed by atoms with Crippen LogP contribution in [-0.2, 0) is 5.41 Å². The van der Waals surface area contributed by atoms with Crippen molar-refractivity contribution in [3.8, 4) is 5.69 Å². The summed E-state index contributed by atoms with van der Waals surface area (Å²) in [4.78, 5) is 2.43. The zero-order chi connectivity index (χ0) is 38.5. The summed E-state index contributed by atoms with van der Waals surface area (Å²) in [7, 11) is 0. The van der Waals surface area contributed by atoms with Gasteiger partial charge in [0, 0.05) is 53.7 Å². The number of anilines is 3. The first kappa shape index (κ1) is 34.1. The van der Waals surface area contributed by atoms with Gasteiger partial charge < -0.3 is 9.47 Å². The minimum atomic E-state index is -0.528. The fraction of sp³-hybridized carbons (Fsp3) is 0.0182. The molecule has 0 aliphatic rings. The van der Waals surface area contributed by atoms with Gasteiger partial charge in [-0.05, 0) is 95.1 Å². The molecule has 11 aromatic rings. The Labute approximate surface area is 342 Å². The first-order chi connectivity index (χ1) is 28.8. The number of benzene rings is 9. The molecule has 0 N–H and O–H groups in total. The molecule has 274 valence electrons. The van der Waals surface area contributed by atoms with Crippen LogP contribution in [0.4, 0.5) is 17.1 Å². The molecular formula is C55H38N2S. The third kappa shape index (κ3) is 5.47. The summed E-state index contributed by atoms with van der Waals surface area (Å²) in [6.45, 7) is 0. The van der Waals surface area contributed by atoms with Crippen LogP contribution in [0.15, 0.2) is 231 Å². The maximum atomic E-state index is 2.43. The third-order valence-corrected chi connectivity index (χ3v) is 12.9. The van der Waals surface area contributed by atoms with Crippen LogP contribution in [0.1, 0.15) is 22.3 Å². The van der Waals surface area contributed by atoms with Gasteiger partial charge in [-0.2, -0.15) is 0 Å². The van der Waals surface area contributed by atoms with Gasteiger partial charge in [-0.15, -0.1) is 11.3 Å². The van der Waals surface area contributed by atoms with Gasteiger partial charge in [-0.25, -0.2) is 0 Å². The molecule has 2 nitrogen and oxygen atoms in total. The van der Waals surface area contributed by atoms with Crippen molar-refractivity contribution in [3.05, 3.63) is 253 Å². The monoisotopic (exact) mass is 758 g/mol. The quantitative estimate of drug-likeness (QED) is 0.140. The Morgan fingerprint density at radius 3 is 1.41 bits per heavy atom. The fourth-order valence-electron chi connectivity index (χ4n) is 9.18. The second kappa shape index (κ2) is 14.1. The van der Waals surface area contributed by atoms with Crippen molar-refractivity contribution >= 4 is 70.4 Å². The van der Waals surface area contributed by atoms with Crippen molar-refractivity contribution in [1.82, 2.24) is 4.57 Å². The van der Waals surface area contributed by atoms with Crippen molar-refractivity contribution in [2.24, 2.45) is 0 Å². The van der Waals surface area contributed by atoms with Gasteiger partial charge in [0.2, 0.25) is 0 Å². The summed E-state index contributed by atoms with van der Waals surface area (Å²) in [6, 6.07) is 84.2. The number of thiophene rings is 1. The Balaban J connectivity index is 1.14. The summed E-state index contributed by atoms with van der Waals surface area (Å²) in [5.41, 5.74) is 11.2. The van der Waals surface area contributed by atoms with E-state index in [1.165, 1.54) is 64.2 Å². The van der Waals surface area contributed by atoms with Gasteiger partial charge in [0.1, 0.15) is 0 Å². The molecule has 2 heterocycles. The van der Waals surface area contributed by atoms with Gasteiger partial charge in [0.05, 0.1) is 16.4 Å². The summed E-state index contributed by atoms with van der Waals surface area (Å²) in [6.07, 6.45) is 0. The van der Waals surface area contributed by atoms with Crippen LogP contribution in [0.3, 0.4) is 0 Å². The number of fused-ring (bicyclic) bond motifs is 6. The van der Waals surface area contributed by atoms with Crippen molar-refractivity contribution in [1.29, 1.82) is 0 Å². The standard InChI is InChI=1S/C55H38N2S/c1-5-17-39(18-6-1)55(40-19-7-2-8-20-40,41-21-9-3-10-22-41)42-29-31-44(32-30-42)56(46-34-36-54-50(38-46)48-26-14-16-28-53(48)58-54)45-33-35-52-49(37-45)47-25-13-15-27-51(47)57(52)43-23-11-4-12-24-43/h1-38H. The predicted octanol–water partition coefficient (Wildman–Crippen LogP) is 15.0. The van der Waals surface area contributed by atoms with E-state index in [1.807, 2.05) is 11.3 Å². The Morgan fingerprint density at radius 2 is 0.776 bits per heavy atom. The van der Waals surface area contributed by atoms with Crippen LogP contribution < -0.4 is 4.90 Å². The SMILES string of the molecule is c1ccc(-n2c3ccccc3c3cc(N(c4ccc(C(c5ccccc5)(c5ccccc5)c5ccccc5)cc4)c4ccc5sc6ccccc6c5c4)ccc32)cc1. The summed E-state index contributed by atoms with van der Waals surface area (Å²) >= 11 is 1.85. The number of nitrogens with zero attached hydrogens (tertiary/aromatic N) is 2. The molecule has 0 saturated carbocycles. The van der Waals surface area contributed by atoms with E-state index in [1.54, 1.807) is 0 Å². The smallest absolute Gasteiger partial charge is 0.0701 e. The number of aromatic nitrogens is 1. The highest BCUT2D eigenvalue weighted by atomic mass is 32.1. The highest BCUT2D eigenvalue weighted by molar-refractivity contribution is 7.25. The summed E-state index contributed by atoms with van der Waals surface area (Å²) < 4.78 is 4.98. The largest absolute Gasteiger partial charge is 0.310 e. The Morgan fingerprint density at radius 1 is 0.328 bits per heavy atom. The molecule has 0 aliphatic heterocycles. The zero-order valence-corrected chi connectivity index (χ0v) is 32.6. The van der Waals surface area contributed by atoms with E-state index in [0.717, 1.165) is 22.7 Å². The molecule has 0 unspecified atom stereocenters. The lowest BCUT2D eigenvalue weighted by Crippen LogP contribution is -2.31. The van der Waals surface area contributed by atoms with E-state index in [4.69, 9.17) is 0 Å². The third-order valence-electron chi connectivity index (χ3n) is 11.7. The molecule has 0 atom stereocenters. The van der Waals surface area contributed by atoms with Crippen LogP contribution >= 0.6 is 11.3 Å². The Kier molecular flexibility index (Phi) is 8.27. The second-order valence-corrected chi connectivity index (χ2v) is 16.0. The van der Waals surface area contributed by atoms with Crippen LogP contribution in [0.25, 0.3) is 47.7 Å². The highest BCUT2D eigenvalue weighted by Gasteiger charge is 2.38. The van der Waals surface area contributed by atoms with Crippen LogP contribution in [0.2, 0.25) is 0 Å². The molecule has 0 bridgehead atoms. The van der Waals surface area contributed by atoms with Crippen LogP contribution in [0.5, 0.6) is 0 Å². The molecule has 3 heteroatoms. The molecule has 9 aromatic carbocycles. The van der Waals surface area contributed by atoms with Crippen LogP contribution in [0, 0.1) is 0 Å². The molecule has 0 fully saturated rings. The normalized spacial score (nSPS) is 11.8. The van der Waals surface area contributed by atoms with Crippen molar-refractivity contribution < 1.29 is 0 Å². The van der Waals surface area contributed by atoms with Crippen molar-refractivity contribution in [2.45, 2.75) is 5.41 Å². The van der Waals surface area contributed by atoms with Gasteiger partial charge >= 0.3 is 0 Å². The van der Waals surface area contributed by atoms with E-state index in [2.05, 4.69) is 240 Å². The molecule has 0 radical (unpaired) electrons. The highest BCUT2D eigenvalue weighted by Crippen LogP contribution is 2.47. The molecular weight excluding hydrogens is 721 g/mol. The molecule has 2 aromatic heterocycles. The van der Waals surface area contributed by atoms with E-state index in [-0.39, 0.29) is 0 Å². The van der Waals surface area contributed by atoms with Crippen molar-refractivity contribution in [3.63, 3.8) is 0 Å². The minimum absolute atomic E-state index is 0.528. The lowest BCUT2D eigenvalue weighted by molar-refractivity contribution is 0.745. The molecule has 11 rings (SSSR count). The summed E-state index contributed by atoms with van der Waals surface area (Å²) in [5, 5.41) is 5.02. The van der Waals surface area contributed by atoms with E-state index in [0.29, 0.717) is 0 Å². The van der Waals surface area contributed by atoms with Gasteiger partial charge in [-0.3, -0.25) is 0 Å². The molecule has 58 heavy (non-hydrogen) atoms. The Bertz CT molecular complexity index is 3110. The number of para-hydroxylation sites is 2. The van der Waals surface area contributed by atoms with Gasteiger partial charge in [-0.1, -0.05) is 158 Å². The van der Waals surface area contributed by atoms with Crippen LogP contribution in [-0.4, -0.2) is 4.57 Å². The predicted molar refractivity (Wildman–Crippen MR) is 247 cm³/mol. The number of hydrogen-bond acceptors (Lipinski definition) is 2. The molecule has 0 aliphatic carbocycles. The number of hydrogen-bond donors (Lipinski definition) is 0. The van der Waals surface area contributed by atoms with Crippen molar-refractivity contribution in [2.75, 3.05) is 4.90 Å². The Hall–Kier alpha value is -7.20. The minimum Gasteiger partial charge on any atom is -0.310 e. The maximum Gasteiger partial charge on any atom is 0.0701 e. The molecule has 0 saturated heterocycles. The molecule has 0 amide bonds. The van der Waals surface area contributed by atoms with E-state index in [9.17, 15) is 0 Å². The summed E-state index contributed by atoms with van der Waals surface area (Å²) in [5.74, 6) is 0. The fourth-order valence-corrected chi connectivity index (χ4v) is 10.3. The first-order valence-corrected chi connectivity index (χ1v) is 20.7. The van der Waals surface area contributed by atoms with Gasteiger partial charge in [0.25, 0.3) is 0 Å². The van der Waals surface area contributed by atoms with E-state index < -0.39 is 5.41 Å². The maximum absolute atomic E-state index is 2.43. The zero-order valence-electron chi connectivity index (χ0n) is 31.7. The van der Waals surface area contributed by atoms with E-state index >= 15 is 0 Å². The van der Waals surface area contributed by atoms with Gasteiger partial charge in [0.15, 0.2) is 0 Å². The topological polar surface area (TPSA) is 8.17 Å². The average Bonchev–Trinajstić information content (AvgIpc) is 3.84. The average molecular weight is 759 g/mol. The lowest BCUT2D eigenvalue weighted by Gasteiger charge is -2.37. The first-order valence-electron chi connectivity index (χ1n) is 19.8. The number of rotatable bonds is 8. The molecule has 0 spiro atoms. The second-order valence-electron chi connectivity index (χ2n) is 14.9.